The van der Waals surface area contributed by atoms with Crippen molar-refractivity contribution in [3.63, 3.8) is 0 Å². The third kappa shape index (κ3) is 4.70. The van der Waals surface area contributed by atoms with E-state index in [4.69, 9.17) is 9.47 Å². The molecule has 1 aliphatic rings. The summed E-state index contributed by atoms with van der Waals surface area (Å²) in [7, 11) is 1.66. The number of carbonyl (C=O) groups is 1. The number of azo groups is 1. The second-order valence-corrected chi connectivity index (χ2v) is 7.68. The molecule has 1 N–H and O–H groups in total. The lowest BCUT2D eigenvalue weighted by Gasteiger charge is -2.26. The van der Waals surface area contributed by atoms with Gasteiger partial charge in [-0.15, -0.1) is 0 Å². The zero-order chi connectivity index (χ0) is 21.7. The van der Waals surface area contributed by atoms with Crippen molar-refractivity contribution >= 4 is 11.7 Å². The molecule has 0 aliphatic carbocycles. The average Bonchev–Trinajstić information content (AvgIpc) is 2.74. The molecule has 6 nitrogen and oxygen atoms in total. The van der Waals surface area contributed by atoms with Crippen LogP contribution in [0, 0.1) is 0 Å². The van der Waals surface area contributed by atoms with E-state index in [0.29, 0.717) is 13.0 Å². The molecule has 1 aliphatic heterocycles. The summed E-state index contributed by atoms with van der Waals surface area (Å²) in [4.78, 5) is 12.4. The fourth-order valence-electron chi connectivity index (χ4n) is 3.95. The summed E-state index contributed by atoms with van der Waals surface area (Å²) in [6, 6.07) is 12.1. The van der Waals surface area contributed by atoms with Crippen LogP contribution in [-0.2, 0) is 16.0 Å². The fraction of sp³-hybridized carbons (Fsp3) is 0.458. The van der Waals surface area contributed by atoms with E-state index in [1.54, 1.807) is 14.0 Å². The Bertz CT molecular complexity index is 925. The lowest BCUT2D eigenvalue weighted by atomic mass is 9.84. The molecule has 2 aromatic rings. The van der Waals surface area contributed by atoms with Gasteiger partial charge in [0.05, 0.1) is 31.9 Å². The van der Waals surface area contributed by atoms with Gasteiger partial charge in [0.2, 0.25) is 0 Å². The normalized spacial score (nSPS) is 18.6. The van der Waals surface area contributed by atoms with Crippen LogP contribution in [-0.4, -0.2) is 37.4 Å². The number of hydrogen-bond donors (Lipinski definition) is 1. The smallest absolute Gasteiger partial charge is 0.306 e. The highest BCUT2D eigenvalue weighted by Gasteiger charge is 2.28. The van der Waals surface area contributed by atoms with Gasteiger partial charge in [0.25, 0.3) is 0 Å². The van der Waals surface area contributed by atoms with Gasteiger partial charge in [-0.1, -0.05) is 31.2 Å². The van der Waals surface area contributed by atoms with E-state index in [9.17, 15) is 9.90 Å². The van der Waals surface area contributed by atoms with E-state index in [1.807, 2.05) is 43.3 Å². The Hall–Kier alpha value is -2.73. The van der Waals surface area contributed by atoms with Crippen molar-refractivity contribution in [2.45, 2.75) is 51.5 Å². The molecule has 160 valence electrons. The summed E-state index contributed by atoms with van der Waals surface area (Å²) < 4.78 is 11.0. The first kappa shape index (κ1) is 22.0. The average molecular weight is 411 g/mol. The number of aliphatic hydroxyl groups excluding tert-OH is 1. The summed E-state index contributed by atoms with van der Waals surface area (Å²) in [6.07, 6.45) is 0.776. The molecule has 0 fully saturated rings. The molecule has 0 saturated carbocycles. The maximum Gasteiger partial charge on any atom is 0.306 e. The summed E-state index contributed by atoms with van der Waals surface area (Å²) in [6.45, 7) is 6.39. The fourth-order valence-corrected chi connectivity index (χ4v) is 3.95. The van der Waals surface area contributed by atoms with Gasteiger partial charge < -0.3 is 14.6 Å². The van der Waals surface area contributed by atoms with Gasteiger partial charge in [0.1, 0.15) is 5.75 Å². The van der Waals surface area contributed by atoms with Crippen molar-refractivity contribution in [2.24, 2.45) is 10.2 Å². The molecule has 0 spiro atoms. The molecule has 0 aromatic heterocycles. The van der Waals surface area contributed by atoms with Gasteiger partial charge in [-0.25, -0.2) is 0 Å². The van der Waals surface area contributed by atoms with Crippen LogP contribution in [0.15, 0.2) is 46.6 Å². The molecular weight excluding hydrogens is 380 g/mol. The molecule has 0 radical (unpaired) electrons. The van der Waals surface area contributed by atoms with Crippen molar-refractivity contribution < 1.29 is 19.4 Å². The van der Waals surface area contributed by atoms with Crippen LogP contribution in [0.3, 0.4) is 0 Å². The Balaban J connectivity index is 2.09. The van der Waals surface area contributed by atoms with Gasteiger partial charge in [-0.2, -0.15) is 10.2 Å². The first-order valence-corrected chi connectivity index (χ1v) is 10.5. The van der Waals surface area contributed by atoms with Crippen molar-refractivity contribution in [1.29, 1.82) is 0 Å². The number of fused-ring (bicyclic) bond motifs is 1. The van der Waals surface area contributed by atoms with Crippen molar-refractivity contribution in [2.75, 3.05) is 20.3 Å². The molecule has 0 amide bonds. The van der Waals surface area contributed by atoms with E-state index in [0.717, 1.165) is 33.7 Å². The maximum absolute atomic E-state index is 12.4. The number of benzene rings is 2. The van der Waals surface area contributed by atoms with E-state index >= 15 is 0 Å². The van der Waals surface area contributed by atoms with Crippen molar-refractivity contribution in [3.05, 3.63) is 58.7 Å². The minimum absolute atomic E-state index is 0.0785. The summed E-state index contributed by atoms with van der Waals surface area (Å²) in [5.41, 5.74) is 4.78. The molecule has 2 aromatic carbocycles. The number of nitrogens with zero attached hydrogens (tertiary/aromatic N) is 2. The Kier molecular flexibility index (Phi) is 7.21. The van der Waals surface area contributed by atoms with Crippen LogP contribution >= 0.6 is 0 Å². The second kappa shape index (κ2) is 9.85. The van der Waals surface area contributed by atoms with Crippen LogP contribution in [0.2, 0.25) is 0 Å². The van der Waals surface area contributed by atoms with E-state index in [2.05, 4.69) is 17.2 Å². The highest BCUT2D eigenvalue weighted by atomic mass is 16.5. The van der Waals surface area contributed by atoms with Gasteiger partial charge in [-0.3, -0.25) is 4.79 Å². The number of esters is 1. The summed E-state index contributed by atoms with van der Waals surface area (Å²) >= 11 is 0. The van der Waals surface area contributed by atoms with Crippen molar-refractivity contribution in [3.8, 4) is 5.75 Å². The number of rotatable bonds is 8. The van der Waals surface area contributed by atoms with E-state index in [1.165, 1.54) is 0 Å². The van der Waals surface area contributed by atoms with E-state index in [-0.39, 0.29) is 36.9 Å². The Labute approximate surface area is 177 Å². The predicted molar refractivity (Wildman–Crippen MR) is 116 cm³/mol. The number of ether oxygens (including phenoxy) is 2. The standard InChI is InChI=1S/C24H30N2O4/c1-5-30-23(28)14-20(18-8-6-7-17(11-18)9-10-27)19-12-21-24(22(13-19)29-4)15(2)16(3)25-26-21/h6-8,11-13,15-16,20,27H,5,9-10,14H2,1-4H3. The molecule has 1 heterocycles. The third-order valence-corrected chi connectivity index (χ3v) is 5.72. The molecule has 3 unspecified atom stereocenters. The minimum Gasteiger partial charge on any atom is -0.496 e. The molecular formula is C24H30N2O4. The largest absolute Gasteiger partial charge is 0.496 e. The van der Waals surface area contributed by atoms with Crippen LogP contribution in [0.25, 0.3) is 0 Å². The number of methoxy groups -OCH3 is 1. The Morgan fingerprint density at radius 1 is 1.20 bits per heavy atom. The van der Waals surface area contributed by atoms with Crippen LogP contribution in [0.4, 0.5) is 5.69 Å². The van der Waals surface area contributed by atoms with E-state index < -0.39 is 0 Å². The lowest BCUT2D eigenvalue weighted by Crippen LogP contribution is -2.16. The van der Waals surface area contributed by atoms with Crippen LogP contribution < -0.4 is 4.74 Å². The quantitative estimate of drug-likeness (QED) is 0.628. The Morgan fingerprint density at radius 2 is 2.00 bits per heavy atom. The van der Waals surface area contributed by atoms with Crippen molar-refractivity contribution in [1.82, 2.24) is 0 Å². The number of hydrogen-bond acceptors (Lipinski definition) is 6. The SMILES string of the molecule is CCOC(=O)CC(c1cccc(CCO)c1)c1cc2c(c(OC)c1)C(C)C(C)N=N2. The zero-order valence-electron chi connectivity index (χ0n) is 18.1. The summed E-state index contributed by atoms with van der Waals surface area (Å²) in [5, 5.41) is 18.1. The second-order valence-electron chi connectivity index (χ2n) is 7.68. The maximum atomic E-state index is 12.4. The topological polar surface area (TPSA) is 80.5 Å². The molecule has 0 saturated heterocycles. The highest BCUT2D eigenvalue weighted by molar-refractivity contribution is 5.72. The van der Waals surface area contributed by atoms with Crippen LogP contribution in [0.1, 0.15) is 61.3 Å². The molecule has 3 rings (SSSR count). The number of aliphatic hydroxyl groups is 1. The zero-order valence-corrected chi connectivity index (χ0v) is 18.1. The van der Waals surface area contributed by atoms with Gasteiger partial charge in [0.15, 0.2) is 0 Å². The van der Waals surface area contributed by atoms with Crippen LogP contribution in [0.5, 0.6) is 5.75 Å². The lowest BCUT2D eigenvalue weighted by molar-refractivity contribution is -0.143. The third-order valence-electron chi connectivity index (χ3n) is 5.72. The summed E-state index contributed by atoms with van der Waals surface area (Å²) in [5.74, 6) is 0.487. The molecule has 30 heavy (non-hydrogen) atoms. The number of carbonyl (C=O) groups excluding carboxylic acids is 1. The first-order valence-electron chi connectivity index (χ1n) is 10.5. The monoisotopic (exact) mass is 410 g/mol. The Morgan fingerprint density at radius 3 is 2.70 bits per heavy atom. The molecule has 6 heteroatoms. The highest BCUT2D eigenvalue weighted by Crippen LogP contribution is 2.44. The minimum atomic E-state index is -0.254. The van der Waals surface area contributed by atoms with Gasteiger partial charge >= 0.3 is 5.97 Å². The predicted octanol–water partition coefficient (Wildman–Crippen LogP) is 4.90. The van der Waals surface area contributed by atoms with Gasteiger partial charge in [0, 0.05) is 24.0 Å². The van der Waals surface area contributed by atoms with Gasteiger partial charge in [-0.05, 0) is 49.1 Å². The molecule has 0 bridgehead atoms. The first-order chi connectivity index (χ1) is 14.5. The molecule has 3 atom stereocenters.